The smallest absolute Gasteiger partial charge is 0.133 e. The second kappa shape index (κ2) is 6.58. The van der Waals surface area contributed by atoms with Crippen LogP contribution in [0.5, 0.6) is 0 Å². The standard InChI is InChI=1S/C11H21N3O/c1-4-5-12-6-7-14(3)9-11-8-10(2)15-13-11/h8,12H,4-7,9H2,1-3H3. The van der Waals surface area contributed by atoms with Gasteiger partial charge in [-0.15, -0.1) is 0 Å². The summed E-state index contributed by atoms with van der Waals surface area (Å²) in [5.41, 5.74) is 1.01. The molecule has 0 fully saturated rings. The summed E-state index contributed by atoms with van der Waals surface area (Å²) in [5, 5.41) is 7.33. The van der Waals surface area contributed by atoms with Crippen LogP contribution in [0.3, 0.4) is 0 Å². The quantitative estimate of drug-likeness (QED) is 0.692. The predicted octanol–water partition coefficient (Wildman–Crippen LogP) is 1.41. The van der Waals surface area contributed by atoms with Gasteiger partial charge in [-0.05, 0) is 26.9 Å². The van der Waals surface area contributed by atoms with Crippen molar-refractivity contribution in [1.82, 2.24) is 15.4 Å². The predicted molar refractivity (Wildman–Crippen MR) is 60.7 cm³/mol. The van der Waals surface area contributed by atoms with E-state index in [9.17, 15) is 0 Å². The van der Waals surface area contributed by atoms with Gasteiger partial charge in [0.2, 0.25) is 0 Å². The molecule has 0 aliphatic carbocycles. The van der Waals surface area contributed by atoms with Gasteiger partial charge in [-0.2, -0.15) is 0 Å². The molecule has 4 heteroatoms. The molecule has 1 heterocycles. The van der Waals surface area contributed by atoms with Crippen molar-refractivity contribution in [3.63, 3.8) is 0 Å². The summed E-state index contributed by atoms with van der Waals surface area (Å²) in [6, 6.07) is 1.98. The van der Waals surface area contributed by atoms with Crippen LogP contribution in [0.4, 0.5) is 0 Å². The van der Waals surface area contributed by atoms with Gasteiger partial charge in [0.25, 0.3) is 0 Å². The van der Waals surface area contributed by atoms with E-state index >= 15 is 0 Å². The highest BCUT2D eigenvalue weighted by molar-refractivity contribution is 5.02. The minimum absolute atomic E-state index is 0.852. The molecule has 1 N–H and O–H groups in total. The van der Waals surface area contributed by atoms with Crippen LogP contribution in [-0.2, 0) is 6.54 Å². The lowest BCUT2D eigenvalue weighted by Crippen LogP contribution is -2.29. The molecule has 4 nitrogen and oxygen atoms in total. The van der Waals surface area contributed by atoms with E-state index in [4.69, 9.17) is 4.52 Å². The first kappa shape index (κ1) is 12.2. The van der Waals surface area contributed by atoms with Gasteiger partial charge >= 0.3 is 0 Å². The van der Waals surface area contributed by atoms with Gasteiger partial charge in [-0.3, -0.25) is 4.90 Å². The number of hydrogen-bond acceptors (Lipinski definition) is 4. The van der Waals surface area contributed by atoms with Gasteiger partial charge in [0, 0.05) is 25.7 Å². The number of aryl methyl sites for hydroxylation is 1. The second-order valence-electron chi connectivity index (χ2n) is 3.92. The van der Waals surface area contributed by atoms with Gasteiger partial charge in [0.15, 0.2) is 0 Å². The topological polar surface area (TPSA) is 41.3 Å². The van der Waals surface area contributed by atoms with E-state index in [1.165, 1.54) is 6.42 Å². The molecule has 0 saturated carbocycles. The van der Waals surface area contributed by atoms with Crippen molar-refractivity contribution < 1.29 is 4.52 Å². The first-order valence-corrected chi connectivity index (χ1v) is 5.54. The molecule has 0 aromatic carbocycles. The lowest BCUT2D eigenvalue weighted by Gasteiger charge is -2.14. The molecule has 0 unspecified atom stereocenters. The Hall–Kier alpha value is -0.870. The van der Waals surface area contributed by atoms with Crippen LogP contribution in [0.25, 0.3) is 0 Å². The molecule has 1 aromatic rings. The van der Waals surface area contributed by atoms with E-state index in [1.807, 2.05) is 13.0 Å². The summed E-state index contributed by atoms with van der Waals surface area (Å²) in [5.74, 6) is 0.877. The van der Waals surface area contributed by atoms with Crippen LogP contribution >= 0.6 is 0 Å². The second-order valence-corrected chi connectivity index (χ2v) is 3.92. The molecule has 0 atom stereocenters. The maximum Gasteiger partial charge on any atom is 0.133 e. The number of nitrogens with one attached hydrogen (secondary N) is 1. The van der Waals surface area contributed by atoms with Crippen LogP contribution in [0, 0.1) is 6.92 Å². The number of likely N-dealkylation sites (N-methyl/N-ethyl adjacent to an activating group) is 1. The van der Waals surface area contributed by atoms with Gasteiger partial charge in [0.05, 0.1) is 5.69 Å². The Morgan fingerprint density at radius 3 is 2.87 bits per heavy atom. The largest absolute Gasteiger partial charge is 0.361 e. The Kier molecular flexibility index (Phi) is 5.36. The van der Waals surface area contributed by atoms with Crippen molar-refractivity contribution in [2.75, 3.05) is 26.7 Å². The molecule has 0 saturated heterocycles. The monoisotopic (exact) mass is 211 g/mol. The van der Waals surface area contributed by atoms with Crippen molar-refractivity contribution >= 4 is 0 Å². The maximum absolute atomic E-state index is 5.02. The molecule has 0 spiro atoms. The molecule has 1 aromatic heterocycles. The molecule has 86 valence electrons. The summed E-state index contributed by atoms with van der Waals surface area (Å²) in [6.45, 7) is 8.10. The summed E-state index contributed by atoms with van der Waals surface area (Å²) in [4.78, 5) is 2.24. The highest BCUT2D eigenvalue weighted by Gasteiger charge is 2.03. The third kappa shape index (κ3) is 4.95. The SMILES string of the molecule is CCCNCCN(C)Cc1cc(C)on1. The highest BCUT2D eigenvalue weighted by atomic mass is 16.5. The molecule has 0 bridgehead atoms. The van der Waals surface area contributed by atoms with Gasteiger partial charge in [0.1, 0.15) is 5.76 Å². The minimum atomic E-state index is 0.852. The minimum Gasteiger partial charge on any atom is -0.361 e. The maximum atomic E-state index is 5.02. The van der Waals surface area contributed by atoms with E-state index in [-0.39, 0.29) is 0 Å². The number of hydrogen-bond donors (Lipinski definition) is 1. The van der Waals surface area contributed by atoms with E-state index in [2.05, 4.69) is 29.3 Å². The molecule has 0 aliphatic heterocycles. The Morgan fingerprint density at radius 2 is 2.27 bits per heavy atom. The molecule has 0 radical (unpaired) electrons. The van der Waals surface area contributed by atoms with Crippen molar-refractivity contribution in [3.8, 4) is 0 Å². The zero-order valence-corrected chi connectivity index (χ0v) is 9.92. The normalized spacial score (nSPS) is 11.2. The average Bonchev–Trinajstić information content (AvgIpc) is 2.59. The Labute approximate surface area is 91.6 Å². The number of nitrogens with zero attached hydrogens (tertiary/aromatic N) is 2. The molecule has 15 heavy (non-hydrogen) atoms. The number of rotatable bonds is 7. The fourth-order valence-corrected chi connectivity index (χ4v) is 1.42. The Balaban J connectivity index is 2.15. The zero-order valence-electron chi connectivity index (χ0n) is 9.92. The third-order valence-corrected chi connectivity index (χ3v) is 2.21. The summed E-state index contributed by atoms with van der Waals surface area (Å²) in [6.07, 6.45) is 1.19. The number of aromatic nitrogens is 1. The molecule has 0 amide bonds. The van der Waals surface area contributed by atoms with Crippen LogP contribution in [-0.4, -0.2) is 36.7 Å². The van der Waals surface area contributed by atoms with Crippen molar-refractivity contribution in [2.45, 2.75) is 26.8 Å². The van der Waals surface area contributed by atoms with Gasteiger partial charge in [-0.1, -0.05) is 12.1 Å². The lowest BCUT2D eigenvalue weighted by molar-refractivity contribution is 0.307. The fraction of sp³-hybridized carbons (Fsp3) is 0.727. The zero-order chi connectivity index (χ0) is 11.1. The Bertz CT molecular complexity index is 273. The van der Waals surface area contributed by atoms with Gasteiger partial charge < -0.3 is 9.84 Å². The average molecular weight is 211 g/mol. The van der Waals surface area contributed by atoms with Crippen molar-refractivity contribution in [2.24, 2.45) is 0 Å². The van der Waals surface area contributed by atoms with Crippen molar-refractivity contribution in [3.05, 3.63) is 17.5 Å². The van der Waals surface area contributed by atoms with E-state index in [0.29, 0.717) is 0 Å². The van der Waals surface area contributed by atoms with Gasteiger partial charge in [-0.25, -0.2) is 0 Å². The lowest BCUT2D eigenvalue weighted by atomic mass is 10.3. The Morgan fingerprint density at radius 1 is 1.47 bits per heavy atom. The molecule has 0 aliphatic rings. The highest BCUT2D eigenvalue weighted by Crippen LogP contribution is 2.03. The van der Waals surface area contributed by atoms with Crippen LogP contribution in [0.2, 0.25) is 0 Å². The van der Waals surface area contributed by atoms with E-state index in [0.717, 1.165) is 37.6 Å². The first-order chi connectivity index (χ1) is 7.22. The summed E-state index contributed by atoms with van der Waals surface area (Å²) in [7, 11) is 2.09. The third-order valence-electron chi connectivity index (χ3n) is 2.21. The van der Waals surface area contributed by atoms with E-state index < -0.39 is 0 Å². The van der Waals surface area contributed by atoms with Crippen LogP contribution < -0.4 is 5.32 Å². The fourth-order valence-electron chi connectivity index (χ4n) is 1.42. The molecular formula is C11H21N3O. The first-order valence-electron chi connectivity index (χ1n) is 5.54. The summed E-state index contributed by atoms with van der Waals surface area (Å²) >= 11 is 0. The van der Waals surface area contributed by atoms with E-state index in [1.54, 1.807) is 0 Å². The molecule has 1 rings (SSSR count). The van der Waals surface area contributed by atoms with Crippen LogP contribution in [0.1, 0.15) is 24.8 Å². The summed E-state index contributed by atoms with van der Waals surface area (Å²) < 4.78 is 5.02. The molecular weight excluding hydrogens is 190 g/mol. The van der Waals surface area contributed by atoms with Crippen LogP contribution in [0.15, 0.2) is 10.6 Å². The van der Waals surface area contributed by atoms with Crippen molar-refractivity contribution in [1.29, 1.82) is 0 Å².